The van der Waals surface area contributed by atoms with E-state index in [1.54, 1.807) is 0 Å². The third kappa shape index (κ3) is 2.82. The van der Waals surface area contributed by atoms with Crippen molar-refractivity contribution in [1.29, 1.82) is 0 Å². The number of halogens is 1. The summed E-state index contributed by atoms with van der Waals surface area (Å²) in [4.78, 5) is 4.90. The molecule has 1 aromatic carbocycles. The number of aromatic nitrogens is 2. The molecule has 0 unspecified atom stereocenters. The van der Waals surface area contributed by atoms with Gasteiger partial charge >= 0.3 is 0 Å². The van der Waals surface area contributed by atoms with E-state index in [-0.39, 0.29) is 6.79 Å². The van der Waals surface area contributed by atoms with Gasteiger partial charge in [0.15, 0.2) is 11.5 Å². The molecule has 0 amide bonds. The molecule has 0 radical (unpaired) electrons. The topological polar surface area (TPSA) is 47.8 Å². The smallest absolute Gasteiger partial charge is 0.231 e. The Bertz CT molecular complexity index is 963. The Morgan fingerprint density at radius 2 is 1.88 bits per heavy atom. The van der Waals surface area contributed by atoms with Gasteiger partial charge in [0.1, 0.15) is 17.2 Å². The Kier molecular flexibility index (Phi) is 4.00. The molecule has 3 aromatic rings. The fourth-order valence-corrected chi connectivity index (χ4v) is 4.18. The van der Waals surface area contributed by atoms with Crippen LogP contribution in [0.15, 0.2) is 41.0 Å². The number of pyridine rings is 1. The number of rotatable bonds is 3. The van der Waals surface area contributed by atoms with Crippen LogP contribution in [-0.4, -0.2) is 22.2 Å². The van der Waals surface area contributed by atoms with Crippen LogP contribution in [0.3, 0.4) is 0 Å². The van der Waals surface area contributed by atoms with E-state index in [1.807, 2.05) is 24.3 Å². The highest BCUT2D eigenvalue weighted by atomic mass is 79.9. The van der Waals surface area contributed by atoms with Crippen LogP contribution in [0.25, 0.3) is 16.9 Å². The Hall–Kier alpha value is -2.21. The lowest BCUT2D eigenvalue weighted by atomic mass is 9.95. The number of nitrogens with zero attached hydrogens (tertiary/aromatic N) is 2. The first-order chi connectivity index (χ1) is 12.8. The van der Waals surface area contributed by atoms with Gasteiger partial charge in [-0.15, -0.1) is 0 Å². The van der Waals surface area contributed by atoms with Gasteiger partial charge in [-0.3, -0.25) is 4.40 Å². The lowest BCUT2D eigenvalue weighted by Gasteiger charge is -2.24. The Labute approximate surface area is 160 Å². The molecule has 3 heterocycles. The number of nitrogens with one attached hydrogen (secondary N) is 1. The molecule has 5 nitrogen and oxygen atoms in total. The summed E-state index contributed by atoms with van der Waals surface area (Å²) in [7, 11) is 0. The van der Waals surface area contributed by atoms with Crippen molar-refractivity contribution in [3.63, 3.8) is 0 Å². The normalized spacial score (nSPS) is 17.0. The first-order valence-corrected chi connectivity index (χ1v) is 9.91. The van der Waals surface area contributed by atoms with E-state index in [0.29, 0.717) is 6.04 Å². The highest BCUT2D eigenvalue weighted by molar-refractivity contribution is 9.10. The minimum absolute atomic E-state index is 0.282. The third-order valence-electron chi connectivity index (χ3n) is 5.17. The summed E-state index contributed by atoms with van der Waals surface area (Å²) in [6.45, 7) is 0.282. The molecule has 1 aliphatic heterocycles. The predicted octanol–water partition coefficient (Wildman–Crippen LogP) is 5.24. The average Bonchev–Trinajstić information content (AvgIpc) is 3.27. The van der Waals surface area contributed by atoms with Crippen molar-refractivity contribution in [2.45, 2.75) is 38.1 Å². The van der Waals surface area contributed by atoms with Crippen LogP contribution in [0.2, 0.25) is 0 Å². The zero-order chi connectivity index (χ0) is 17.5. The third-order valence-corrected chi connectivity index (χ3v) is 5.64. The monoisotopic (exact) mass is 413 g/mol. The molecule has 0 spiro atoms. The SMILES string of the molecule is Brc1ccc2nc(-c3ccc4c(c3)OCO4)c(NC3CCCCC3)n2c1. The molecular formula is C20H20BrN3O2. The zero-order valence-electron chi connectivity index (χ0n) is 14.4. The summed E-state index contributed by atoms with van der Waals surface area (Å²) in [6, 6.07) is 10.6. The molecule has 1 fully saturated rings. The van der Waals surface area contributed by atoms with E-state index in [2.05, 4.69) is 37.9 Å². The van der Waals surface area contributed by atoms with Gasteiger partial charge in [0, 0.05) is 22.3 Å². The van der Waals surface area contributed by atoms with Gasteiger partial charge in [-0.05, 0) is 59.1 Å². The number of imidazole rings is 1. The van der Waals surface area contributed by atoms with Crippen molar-refractivity contribution in [3.8, 4) is 22.8 Å². The predicted molar refractivity (Wildman–Crippen MR) is 105 cm³/mol. The van der Waals surface area contributed by atoms with E-state index < -0.39 is 0 Å². The molecule has 0 bridgehead atoms. The lowest BCUT2D eigenvalue weighted by molar-refractivity contribution is 0.174. The Morgan fingerprint density at radius 1 is 1.04 bits per heavy atom. The van der Waals surface area contributed by atoms with Gasteiger partial charge < -0.3 is 14.8 Å². The van der Waals surface area contributed by atoms with Crippen LogP contribution in [-0.2, 0) is 0 Å². The quantitative estimate of drug-likeness (QED) is 0.637. The van der Waals surface area contributed by atoms with Crippen LogP contribution in [0.5, 0.6) is 11.5 Å². The van der Waals surface area contributed by atoms with Crippen molar-refractivity contribution in [2.75, 3.05) is 12.1 Å². The van der Waals surface area contributed by atoms with Crippen molar-refractivity contribution >= 4 is 27.4 Å². The highest BCUT2D eigenvalue weighted by Crippen LogP contribution is 2.39. The molecule has 134 valence electrons. The Morgan fingerprint density at radius 3 is 2.77 bits per heavy atom. The molecule has 2 aliphatic rings. The van der Waals surface area contributed by atoms with Crippen LogP contribution >= 0.6 is 15.9 Å². The van der Waals surface area contributed by atoms with Crippen molar-refractivity contribution in [2.24, 2.45) is 0 Å². The van der Waals surface area contributed by atoms with Gasteiger partial charge in [-0.2, -0.15) is 0 Å². The van der Waals surface area contributed by atoms with Gasteiger partial charge in [-0.1, -0.05) is 19.3 Å². The molecule has 1 aliphatic carbocycles. The summed E-state index contributed by atoms with van der Waals surface area (Å²) in [5.74, 6) is 2.62. The van der Waals surface area contributed by atoms with Gasteiger partial charge in [-0.25, -0.2) is 4.98 Å². The average molecular weight is 414 g/mol. The molecular weight excluding hydrogens is 394 g/mol. The fourth-order valence-electron chi connectivity index (χ4n) is 3.84. The van der Waals surface area contributed by atoms with Crippen molar-refractivity contribution in [3.05, 3.63) is 41.0 Å². The summed E-state index contributed by atoms with van der Waals surface area (Å²) in [6.07, 6.45) is 8.41. The van der Waals surface area contributed by atoms with E-state index >= 15 is 0 Å². The van der Waals surface area contributed by atoms with E-state index in [4.69, 9.17) is 14.5 Å². The van der Waals surface area contributed by atoms with E-state index in [1.165, 1.54) is 32.1 Å². The summed E-state index contributed by atoms with van der Waals surface area (Å²) in [5, 5.41) is 3.77. The minimum atomic E-state index is 0.282. The standard InChI is InChI=1S/C20H20BrN3O2/c21-14-7-9-18-23-19(13-6-8-16-17(10-13)26-12-25-16)20(24(18)11-14)22-15-4-2-1-3-5-15/h6-11,15,22H,1-5,12H2. The summed E-state index contributed by atoms with van der Waals surface area (Å²) >= 11 is 3.58. The molecule has 2 aromatic heterocycles. The maximum Gasteiger partial charge on any atom is 0.231 e. The molecule has 26 heavy (non-hydrogen) atoms. The number of ether oxygens (including phenoxy) is 2. The maximum atomic E-state index is 5.56. The molecule has 1 N–H and O–H groups in total. The zero-order valence-corrected chi connectivity index (χ0v) is 16.0. The van der Waals surface area contributed by atoms with E-state index in [9.17, 15) is 0 Å². The van der Waals surface area contributed by atoms with Gasteiger partial charge in [0.25, 0.3) is 0 Å². The second-order valence-corrected chi connectivity index (χ2v) is 7.85. The fraction of sp³-hybridized carbons (Fsp3) is 0.350. The van der Waals surface area contributed by atoms with Crippen LogP contribution in [0.4, 0.5) is 5.82 Å². The largest absolute Gasteiger partial charge is 0.454 e. The molecule has 0 atom stereocenters. The number of anilines is 1. The van der Waals surface area contributed by atoms with Crippen molar-refractivity contribution < 1.29 is 9.47 Å². The Balaban J connectivity index is 1.62. The summed E-state index contributed by atoms with van der Waals surface area (Å²) in [5.41, 5.74) is 2.92. The van der Waals surface area contributed by atoms with Crippen LogP contribution < -0.4 is 14.8 Å². The lowest BCUT2D eigenvalue weighted by Crippen LogP contribution is -2.23. The van der Waals surface area contributed by atoms with Gasteiger partial charge in [0.2, 0.25) is 6.79 Å². The van der Waals surface area contributed by atoms with Crippen LogP contribution in [0.1, 0.15) is 32.1 Å². The van der Waals surface area contributed by atoms with Gasteiger partial charge in [0.05, 0.1) is 0 Å². The first-order valence-electron chi connectivity index (χ1n) is 9.12. The molecule has 1 saturated carbocycles. The maximum absolute atomic E-state index is 5.56. The summed E-state index contributed by atoms with van der Waals surface area (Å²) < 4.78 is 14.2. The molecule has 0 saturated heterocycles. The number of fused-ring (bicyclic) bond motifs is 2. The molecule has 6 heteroatoms. The molecule has 5 rings (SSSR count). The van der Waals surface area contributed by atoms with Crippen LogP contribution in [0, 0.1) is 0 Å². The first kappa shape index (κ1) is 16.0. The van der Waals surface area contributed by atoms with E-state index in [0.717, 1.165) is 38.7 Å². The number of hydrogen-bond donors (Lipinski definition) is 1. The second-order valence-electron chi connectivity index (χ2n) is 6.93. The van der Waals surface area contributed by atoms with Crippen molar-refractivity contribution in [1.82, 2.24) is 9.38 Å². The number of benzene rings is 1. The second kappa shape index (κ2) is 6.50. The number of hydrogen-bond acceptors (Lipinski definition) is 4. The highest BCUT2D eigenvalue weighted by Gasteiger charge is 2.22. The minimum Gasteiger partial charge on any atom is -0.454 e.